The maximum atomic E-state index is 11.9. The quantitative estimate of drug-likeness (QED) is 0.771. The van der Waals surface area contributed by atoms with Crippen molar-refractivity contribution in [2.45, 2.75) is 26.0 Å². The molecule has 5 nitrogen and oxygen atoms in total. The van der Waals surface area contributed by atoms with Gasteiger partial charge >= 0.3 is 5.97 Å². The highest BCUT2D eigenvalue weighted by Gasteiger charge is 2.20. The summed E-state index contributed by atoms with van der Waals surface area (Å²) in [5.74, 6) is 0.110. The third kappa shape index (κ3) is 5.28. The molecule has 0 aliphatic rings. The standard InChI is InChI=1S/C14H21NO4S/c1-9(2)6-10(14(17)18)7-15-13(16)12-5-4-11(19-12)8-20-3/h4-5,9-10H,6-8H2,1-3H3,(H,15,16)(H,17,18). The van der Waals surface area contributed by atoms with Gasteiger partial charge in [-0.25, -0.2) is 0 Å². The first-order valence-corrected chi connectivity index (χ1v) is 7.92. The fraction of sp³-hybridized carbons (Fsp3) is 0.571. The average Bonchev–Trinajstić information content (AvgIpc) is 2.82. The molecule has 1 aromatic heterocycles. The summed E-state index contributed by atoms with van der Waals surface area (Å²) in [7, 11) is 0. The zero-order chi connectivity index (χ0) is 15.1. The van der Waals surface area contributed by atoms with Crippen molar-refractivity contribution in [3.63, 3.8) is 0 Å². The molecule has 1 unspecified atom stereocenters. The zero-order valence-corrected chi connectivity index (χ0v) is 12.8. The number of hydrogen-bond donors (Lipinski definition) is 2. The van der Waals surface area contributed by atoms with Crippen molar-refractivity contribution in [1.82, 2.24) is 5.32 Å². The lowest BCUT2D eigenvalue weighted by molar-refractivity contribution is -0.142. The van der Waals surface area contributed by atoms with Gasteiger partial charge in [0.1, 0.15) is 5.76 Å². The zero-order valence-electron chi connectivity index (χ0n) is 12.0. The summed E-state index contributed by atoms with van der Waals surface area (Å²) in [6.07, 6.45) is 2.48. The van der Waals surface area contributed by atoms with Crippen LogP contribution in [0.1, 0.15) is 36.6 Å². The number of carboxylic acid groups (broad SMARTS) is 1. The minimum absolute atomic E-state index is 0.116. The van der Waals surface area contributed by atoms with Crippen molar-refractivity contribution in [3.05, 3.63) is 23.7 Å². The number of aliphatic carboxylic acids is 1. The maximum Gasteiger partial charge on any atom is 0.308 e. The molecule has 0 saturated carbocycles. The van der Waals surface area contributed by atoms with Crippen LogP contribution >= 0.6 is 11.8 Å². The van der Waals surface area contributed by atoms with Gasteiger partial charge in [0.15, 0.2) is 5.76 Å². The van der Waals surface area contributed by atoms with Crippen molar-refractivity contribution in [2.75, 3.05) is 12.8 Å². The van der Waals surface area contributed by atoms with Crippen LogP contribution in [0.3, 0.4) is 0 Å². The van der Waals surface area contributed by atoms with Crippen LogP contribution in [-0.4, -0.2) is 29.8 Å². The molecule has 0 saturated heterocycles. The number of hydrogen-bond acceptors (Lipinski definition) is 4. The summed E-state index contributed by atoms with van der Waals surface area (Å²) >= 11 is 1.61. The number of carbonyl (C=O) groups excluding carboxylic acids is 1. The van der Waals surface area contributed by atoms with Crippen LogP contribution < -0.4 is 5.32 Å². The van der Waals surface area contributed by atoms with E-state index < -0.39 is 11.9 Å². The lowest BCUT2D eigenvalue weighted by Gasteiger charge is -2.14. The minimum atomic E-state index is -0.887. The van der Waals surface area contributed by atoms with E-state index in [9.17, 15) is 9.59 Å². The Kier molecular flexibility index (Phi) is 6.64. The second-order valence-electron chi connectivity index (χ2n) is 5.07. The molecule has 1 aromatic rings. The molecule has 0 bridgehead atoms. The normalized spacial score (nSPS) is 12.4. The van der Waals surface area contributed by atoms with Crippen LogP contribution in [0.15, 0.2) is 16.5 Å². The van der Waals surface area contributed by atoms with Crippen molar-refractivity contribution >= 4 is 23.6 Å². The van der Waals surface area contributed by atoms with Gasteiger partial charge in [-0.15, -0.1) is 0 Å². The first-order chi connectivity index (χ1) is 9.43. The number of nitrogens with one attached hydrogen (secondary N) is 1. The van der Waals surface area contributed by atoms with Gasteiger partial charge in [-0.2, -0.15) is 11.8 Å². The lowest BCUT2D eigenvalue weighted by Crippen LogP contribution is -2.33. The smallest absolute Gasteiger partial charge is 0.308 e. The summed E-state index contributed by atoms with van der Waals surface area (Å²) in [5, 5.41) is 11.7. The van der Waals surface area contributed by atoms with Crippen LogP contribution in [0.25, 0.3) is 0 Å². The van der Waals surface area contributed by atoms with Crippen LogP contribution in [0.5, 0.6) is 0 Å². The van der Waals surface area contributed by atoms with Gasteiger partial charge in [0.05, 0.1) is 11.7 Å². The van der Waals surface area contributed by atoms with Crippen molar-refractivity contribution in [3.8, 4) is 0 Å². The Morgan fingerprint density at radius 2 is 2.10 bits per heavy atom. The van der Waals surface area contributed by atoms with E-state index in [0.717, 1.165) is 5.76 Å². The Morgan fingerprint density at radius 1 is 1.40 bits per heavy atom. The van der Waals surface area contributed by atoms with Gasteiger partial charge in [0, 0.05) is 6.54 Å². The molecular weight excluding hydrogens is 278 g/mol. The summed E-state index contributed by atoms with van der Waals surface area (Å²) in [6, 6.07) is 3.37. The SMILES string of the molecule is CSCc1ccc(C(=O)NCC(CC(C)C)C(=O)O)o1. The molecule has 112 valence electrons. The molecule has 0 radical (unpaired) electrons. The molecule has 0 spiro atoms. The van der Waals surface area contributed by atoms with Gasteiger partial charge in [-0.05, 0) is 30.7 Å². The predicted octanol–water partition coefficient (Wildman–Crippen LogP) is 2.62. The first kappa shape index (κ1) is 16.6. The Morgan fingerprint density at radius 3 is 2.65 bits per heavy atom. The molecule has 0 fully saturated rings. The van der Waals surface area contributed by atoms with Crippen LogP contribution in [0, 0.1) is 11.8 Å². The summed E-state index contributed by atoms with van der Waals surface area (Å²) in [5.41, 5.74) is 0. The highest BCUT2D eigenvalue weighted by molar-refractivity contribution is 7.97. The van der Waals surface area contributed by atoms with Gasteiger partial charge in [0.2, 0.25) is 0 Å². The van der Waals surface area contributed by atoms with Crippen molar-refractivity contribution in [2.24, 2.45) is 11.8 Å². The molecule has 6 heteroatoms. The van der Waals surface area contributed by atoms with E-state index in [4.69, 9.17) is 9.52 Å². The summed E-state index contributed by atoms with van der Waals surface area (Å²) in [4.78, 5) is 23.0. The van der Waals surface area contributed by atoms with Gasteiger partial charge < -0.3 is 14.8 Å². The van der Waals surface area contributed by atoms with Crippen LogP contribution in [-0.2, 0) is 10.5 Å². The molecule has 1 rings (SSSR count). The number of rotatable bonds is 8. The summed E-state index contributed by atoms with van der Waals surface area (Å²) in [6.45, 7) is 4.03. The lowest BCUT2D eigenvalue weighted by atomic mass is 9.97. The monoisotopic (exact) mass is 299 g/mol. The minimum Gasteiger partial charge on any atom is -0.481 e. The Bertz CT molecular complexity index is 456. The molecule has 1 atom stereocenters. The molecule has 0 aromatic carbocycles. The van der Waals surface area contributed by atoms with E-state index in [2.05, 4.69) is 5.32 Å². The number of thioether (sulfide) groups is 1. The van der Waals surface area contributed by atoms with Crippen LogP contribution in [0.2, 0.25) is 0 Å². The molecular formula is C14H21NO4S. The fourth-order valence-electron chi connectivity index (χ4n) is 1.86. The molecule has 2 N–H and O–H groups in total. The van der Waals surface area contributed by atoms with Crippen molar-refractivity contribution in [1.29, 1.82) is 0 Å². The van der Waals surface area contributed by atoms with Gasteiger partial charge in [0.25, 0.3) is 5.91 Å². The number of carboxylic acids is 1. The number of carbonyl (C=O) groups is 2. The van der Waals surface area contributed by atoms with Gasteiger partial charge in [-0.1, -0.05) is 13.8 Å². The van der Waals surface area contributed by atoms with E-state index in [0.29, 0.717) is 12.2 Å². The number of amides is 1. The van der Waals surface area contributed by atoms with E-state index >= 15 is 0 Å². The maximum absolute atomic E-state index is 11.9. The van der Waals surface area contributed by atoms with E-state index in [1.807, 2.05) is 20.1 Å². The summed E-state index contributed by atoms with van der Waals surface area (Å²) < 4.78 is 5.38. The van der Waals surface area contributed by atoms with Crippen molar-refractivity contribution < 1.29 is 19.1 Å². The second-order valence-corrected chi connectivity index (χ2v) is 5.94. The highest BCUT2D eigenvalue weighted by Crippen LogP contribution is 2.14. The van der Waals surface area contributed by atoms with E-state index in [1.165, 1.54) is 0 Å². The Hall–Kier alpha value is -1.43. The van der Waals surface area contributed by atoms with E-state index in [-0.39, 0.29) is 24.1 Å². The fourth-order valence-corrected chi connectivity index (χ4v) is 2.30. The van der Waals surface area contributed by atoms with Crippen LogP contribution in [0.4, 0.5) is 0 Å². The first-order valence-electron chi connectivity index (χ1n) is 6.52. The largest absolute Gasteiger partial charge is 0.481 e. The second kappa shape index (κ2) is 7.99. The molecule has 1 amide bonds. The molecule has 1 heterocycles. The Balaban J connectivity index is 2.53. The Labute approximate surface area is 123 Å². The molecule has 20 heavy (non-hydrogen) atoms. The topological polar surface area (TPSA) is 79.5 Å². The number of furan rings is 1. The average molecular weight is 299 g/mol. The third-order valence-corrected chi connectivity index (χ3v) is 3.36. The third-order valence-electron chi connectivity index (χ3n) is 2.79. The molecule has 0 aliphatic carbocycles. The van der Waals surface area contributed by atoms with Gasteiger partial charge in [-0.3, -0.25) is 9.59 Å². The van der Waals surface area contributed by atoms with E-state index in [1.54, 1.807) is 23.9 Å². The molecule has 0 aliphatic heterocycles. The highest BCUT2D eigenvalue weighted by atomic mass is 32.2. The predicted molar refractivity (Wildman–Crippen MR) is 78.8 cm³/mol.